The van der Waals surface area contributed by atoms with E-state index in [-0.39, 0.29) is 0 Å². The maximum Gasteiger partial charge on any atom is 0.0516 e. The lowest BCUT2D eigenvalue weighted by Gasteiger charge is -2.37. The molecule has 1 aromatic rings. The van der Waals surface area contributed by atoms with Crippen LogP contribution in [0.1, 0.15) is 76.0 Å². The van der Waals surface area contributed by atoms with Crippen LogP contribution in [0.15, 0.2) is 24.3 Å². The van der Waals surface area contributed by atoms with Crippen LogP contribution in [-0.2, 0) is 0 Å². The lowest BCUT2D eigenvalue weighted by atomic mass is 9.73. The van der Waals surface area contributed by atoms with Crippen molar-refractivity contribution in [1.82, 2.24) is 5.43 Å². The minimum atomic E-state index is 0.293. The van der Waals surface area contributed by atoms with E-state index < -0.39 is 0 Å². The molecular weight excluding hydrogens is 232 g/mol. The van der Waals surface area contributed by atoms with Crippen molar-refractivity contribution in [2.24, 2.45) is 11.3 Å². The predicted molar refractivity (Wildman–Crippen MR) is 81.8 cm³/mol. The third kappa shape index (κ3) is 2.85. The summed E-state index contributed by atoms with van der Waals surface area (Å²) in [5, 5.41) is 0. The van der Waals surface area contributed by atoms with E-state index in [9.17, 15) is 0 Å². The smallest absolute Gasteiger partial charge is 0.0516 e. The van der Waals surface area contributed by atoms with Gasteiger partial charge in [-0.15, -0.1) is 0 Å². The Balaban J connectivity index is 2.26. The molecule has 0 bridgehead atoms. The number of hydrazine groups is 1. The highest BCUT2D eigenvalue weighted by molar-refractivity contribution is 5.28. The monoisotopic (exact) mass is 260 g/mol. The molecule has 0 spiro atoms. The third-order valence-electron chi connectivity index (χ3n) is 5.02. The zero-order chi connectivity index (χ0) is 13.9. The third-order valence-corrected chi connectivity index (χ3v) is 5.02. The standard InChI is InChI=1S/C17H28N2/c1-4-17(11-5-6-12-17)16(19-18)15-9-7-14(8-10-15)13(2)3/h7-10,13,16,19H,4-6,11-12,18H2,1-3H3. The molecule has 0 aromatic heterocycles. The molecule has 19 heavy (non-hydrogen) atoms. The number of hydrogen-bond donors (Lipinski definition) is 2. The van der Waals surface area contributed by atoms with E-state index in [1.165, 1.54) is 43.2 Å². The summed E-state index contributed by atoms with van der Waals surface area (Å²) in [7, 11) is 0. The van der Waals surface area contributed by atoms with Crippen LogP contribution in [0.2, 0.25) is 0 Å². The fraction of sp³-hybridized carbons (Fsp3) is 0.647. The quantitative estimate of drug-likeness (QED) is 0.612. The van der Waals surface area contributed by atoms with Crippen LogP contribution in [0.25, 0.3) is 0 Å². The molecule has 1 saturated carbocycles. The van der Waals surface area contributed by atoms with Gasteiger partial charge in [-0.2, -0.15) is 0 Å². The van der Waals surface area contributed by atoms with E-state index >= 15 is 0 Å². The molecule has 1 aliphatic carbocycles. The Kier molecular flexibility index (Phi) is 4.64. The minimum absolute atomic E-state index is 0.293. The Morgan fingerprint density at radius 3 is 2.05 bits per heavy atom. The second-order valence-corrected chi connectivity index (χ2v) is 6.34. The lowest BCUT2D eigenvalue weighted by Crippen LogP contribution is -2.40. The van der Waals surface area contributed by atoms with Gasteiger partial charge in [-0.25, -0.2) is 0 Å². The second-order valence-electron chi connectivity index (χ2n) is 6.34. The van der Waals surface area contributed by atoms with Crippen molar-refractivity contribution in [2.75, 3.05) is 0 Å². The fourth-order valence-corrected chi connectivity index (χ4v) is 3.63. The summed E-state index contributed by atoms with van der Waals surface area (Å²) in [5.41, 5.74) is 6.20. The summed E-state index contributed by atoms with van der Waals surface area (Å²) >= 11 is 0. The Hall–Kier alpha value is -0.860. The normalized spacial score (nSPS) is 19.8. The van der Waals surface area contributed by atoms with E-state index in [2.05, 4.69) is 50.5 Å². The Morgan fingerprint density at radius 2 is 1.63 bits per heavy atom. The van der Waals surface area contributed by atoms with E-state index in [4.69, 9.17) is 5.84 Å². The van der Waals surface area contributed by atoms with Gasteiger partial charge in [-0.05, 0) is 41.7 Å². The SMILES string of the molecule is CCC1(C(NN)c2ccc(C(C)C)cc2)CCCC1. The molecule has 3 N–H and O–H groups in total. The van der Waals surface area contributed by atoms with Crippen molar-refractivity contribution in [3.05, 3.63) is 35.4 Å². The van der Waals surface area contributed by atoms with E-state index in [0.29, 0.717) is 17.4 Å². The zero-order valence-electron chi connectivity index (χ0n) is 12.6. The largest absolute Gasteiger partial charge is 0.271 e. The maximum absolute atomic E-state index is 5.89. The molecule has 2 heteroatoms. The Bertz CT molecular complexity index is 388. The van der Waals surface area contributed by atoms with Crippen molar-refractivity contribution < 1.29 is 0 Å². The van der Waals surface area contributed by atoms with Crippen LogP contribution >= 0.6 is 0 Å². The predicted octanol–water partition coefficient (Wildman–Crippen LogP) is 4.28. The highest BCUT2D eigenvalue weighted by Gasteiger charge is 2.39. The molecule has 1 fully saturated rings. The number of rotatable bonds is 5. The van der Waals surface area contributed by atoms with Gasteiger partial charge in [0.2, 0.25) is 0 Å². The van der Waals surface area contributed by atoms with E-state index in [1.54, 1.807) is 0 Å². The van der Waals surface area contributed by atoms with Crippen LogP contribution in [0, 0.1) is 5.41 Å². The summed E-state index contributed by atoms with van der Waals surface area (Å²) in [6, 6.07) is 9.32. The zero-order valence-corrected chi connectivity index (χ0v) is 12.6. The van der Waals surface area contributed by atoms with Gasteiger partial charge < -0.3 is 0 Å². The van der Waals surface area contributed by atoms with Crippen molar-refractivity contribution in [1.29, 1.82) is 0 Å². The van der Waals surface area contributed by atoms with Crippen molar-refractivity contribution >= 4 is 0 Å². The maximum atomic E-state index is 5.89. The van der Waals surface area contributed by atoms with Crippen LogP contribution in [-0.4, -0.2) is 0 Å². The first-order valence-corrected chi connectivity index (χ1v) is 7.69. The van der Waals surface area contributed by atoms with Gasteiger partial charge in [0.1, 0.15) is 0 Å². The Morgan fingerprint density at radius 1 is 1.11 bits per heavy atom. The van der Waals surface area contributed by atoms with E-state index in [1.807, 2.05) is 0 Å². The number of nitrogens with one attached hydrogen (secondary N) is 1. The highest BCUT2D eigenvalue weighted by Crippen LogP contribution is 2.49. The van der Waals surface area contributed by atoms with Crippen LogP contribution < -0.4 is 11.3 Å². The van der Waals surface area contributed by atoms with Gasteiger partial charge in [-0.3, -0.25) is 11.3 Å². The van der Waals surface area contributed by atoms with E-state index in [0.717, 1.165) is 0 Å². The lowest BCUT2D eigenvalue weighted by molar-refractivity contribution is 0.188. The highest BCUT2D eigenvalue weighted by atomic mass is 15.2. The van der Waals surface area contributed by atoms with Crippen LogP contribution in [0.3, 0.4) is 0 Å². The average molecular weight is 260 g/mol. The molecule has 0 amide bonds. The minimum Gasteiger partial charge on any atom is -0.271 e. The molecule has 1 aliphatic rings. The molecular formula is C17H28N2. The first kappa shape index (κ1) is 14.5. The summed E-state index contributed by atoms with van der Waals surface area (Å²) in [5.74, 6) is 6.48. The molecule has 1 aromatic carbocycles. The van der Waals surface area contributed by atoms with Crippen molar-refractivity contribution in [2.45, 2.75) is 64.8 Å². The fourth-order valence-electron chi connectivity index (χ4n) is 3.63. The Labute approximate surface area is 117 Å². The molecule has 2 nitrogen and oxygen atoms in total. The number of benzene rings is 1. The van der Waals surface area contributed by atoms with Crippen molar-refractivity contribution in [3.8, 4) is 0 Å². The first-order valence-electron chi connectivity index (χ1n) is 7.69. The summed E-state index contributed by atoms with van der Waals surface area (Å²) in [6.07, 6.45) is 6.48. The van der Waals surface area contributed by atoms with Crippen LogP contribution in [0.5, 0.6) is 0 Å². The summed E-state index contributed by atoms with van der Waals surface area (Å²) in [4.78, 5) is 0. The molecule has 0 saturated heterocycles. The van der Waals surface area contributed by atoms with Gasteiger partial charge in [0.25, 0.3) is 0 Å². The molecule has 2 rings (SSSR count). The van der Waals surface area contributed by atoms with Gasteiger partial charge in [0.05, 0.1) is 6.04 Å². The first-order chi connectivity index (χ1) is 9.13. The van der Waals surface area contributed by atoms with Gasteiger partial charge >= 0.3 is 0 Å². The number of hydrogen-bond acceptors (Lipinski definition) is 2. The van der Waals surface area contributed by atoms with Crippen molar-refractivity contribution in [3.63, 3.8) is 0 Å². The molecule has 0 aliphatic heterocycles. The average Bonchev–Trinajstić information content (AvgIpc) is 2.90. The van der Waals surface area contributed by atoms with Gasteiger partial charge in [-0.1, -0.05) is 57.9 Å². The summed E-state index contributed by atoms with van der Waals surface area (Å²) in [6.45, 7) is 6.77. The van der Waals surface area contributed by atoms with Crippen LogP contribution in [0.4, 0.5) is 0 Å². The number of nitrogens with two attached hydrogens (primary N) is 1. The summed E-state index contributed by atoms with van der Waals surface area (Å²) < 4.78 is 0. The molecule has 1 unspecified atom stereocenters. The second kappa shape index (κ2) is 6.06. The topological polar surface area (TPSA) is 38.0 Å². The van der Waals surface area contributed by atoms with Gasteiger partial charge in [0.15, 0.2) is 0 Å². The molecule has 1 atom stereocenters. The van der Waals surface area contributed by atoms with Gasteiger partial charge in [0, 0.05) is 0 Å². The molecule has 106 valence electrons. The molecule has 0 heterocycles. The molecule has 0 radical (unpaired) electrons.